The molecule has 0 aliphatic carbocycles. The summed E-state index contributed by atoms with van der Waals surface area (Å²) in [4.78, 5) is 4.05. The molecular weight excluding hydrogens is 348 g/mol. The molecule has 26 heavy (non-hydrogen) atoms. The standard InChI is InChI=1S/C21H21ClN2O2/c1-25-20-8-4-6-17(14-24-13-16-9-11-23-12-10-16)21(20)26-15-18-5-2-3-7-19(18)22/h2-12,24H,13-15H2,1H3/p+1. The van der Waals surface area contributed by atoms with E-state index in [9.17, 15) is 0 Å². The van der Waals surface area contributed by atoms with Crippen molar-refractivity contribution in [3.05, 3.63) is 88.7 Å². The molecule has 2 aromatic carbocycles. The van der Waals surface area contributed by atoms with Crippen LogP contribution < -0.4 is 14.8 Å². The maximum atomic E-state index is 6.23. The summed E-state index contributed by atoms with van der Waals surface area (Å²) in [6.45, 7) is 2.07. The molecule has 0 saturated carbocycles. The Bertz CT molecular complexity index is 840. The highest BCUT2D eigenvalue weighted by Gasteiger charge is 2.13. The first-order valence-electron chi connectivity index (χ1n) is 8.50. The third-order valence-corrected chi connectivity index (χ3v) is 4.47. The average molecular weight is 370 g/mol. The highest BCUT2D eigenvalue weighted by molar-refractivity contribution is 6.31. The molecule has 0 bridgehead atoms. The quantitative estimate of drug-likeness (QED) is 0.660. The first-order valence-corrected chi connectivity index (χ1v) is 8.88. The Morgan fingerprint density at radius 3 is 2.46 bits per heavy atom. The number of halogens is 1. The van der Waals surface area contributed by atoms with Crippen LogP contribution in [-0.2, 0) is 19.7 Å². The fourth-order valence-electron chi connectivity index (χ4n) is 2.73. The highest BCUT2D eigenvalue weighted by atomic mass is 35.5. The Balaban J connectivity index is 1.70. The van der Waals surface area contributed by atoms with E-state index in [0.717, 1.165) is 35.7 Å². The fourth-order valence-corrected chi connectivity index (χ4v) is 2.92. The molecule has 0 spiro atoms. The molecule has 1 heterocycles. The Morgan fingerprint density at radius 1 is 0.923 bits per heavy atom. The van der Waals surface area contributed by atoms with Crippen molar-refractivity contribution in [2.24, 2.45) is 0 Å². The van der Waals surface area contributed by atoms with Crippen LogP contribution in [-0.4, -0.2) is 12.1 Å². The van der Waals surface area contributed by atoms with Crippen molar-refractivity contribution >= 4 is 11.6 Å². The molecule has 0 aliphatic heterocycles. The maximum absolute atomic E-state index is 6.23. The van der Waals surface area contributed by atoms with Gasteiger partial charge in [0, 0.05) is 28.5 Å². The van der Waals surface area contributed by atoms with Crippen molar-refractivity contribution in [1.82, 2.24) is 4.98 Å². The summed E-state index contributed by atoms with van der Waals surface area (Å²) in [5.41, 5.74) is 3.28. The van der Waals surface area contributed by atoms with Crippen molar-refractivity contribution in [1.29, 1.82) is 0 Å². The number of rotatable bonds is 8. The summed E-state index contributed by atoms with van der Waals surface area (Å²) >= 11 is 6.23. The van der Waals surface area contributed by atoms with Gasteiger partial charge in [0.25, 0.3) is 0 Å². The number of nitrogens with two attached hydrogens (primary N) is 1. The molecule has 5 heteroatoms. The molecule has 0 aliphatic rings. The van der Waals surface area contributed by atoms with E-state index in [-0.39, 0.29) is 0 Å². The second-order valence-electron chi connectivity index (χ2n) is 5.88. The molecule has 4 nitrogen and oxygen atoms in total. The Labute approximate surface area is 158 Å². The number of para-hydroxylation sites is 1. The van der Waals surface area contributed by atoms with Crippen molar-refractivity contribution in [3.8, 4) is 11.5 Å². The average Bonchev–Trinajstić information content (AvgIpc) is 2.68. The minimum atomic E-state index is 0.400. The lowest BCUT2D eigenvalue weighted by Gasteiger charge is -2.15. The molecule has 3 aromatic rings. The lowest BCUT2D eigenvalue weighted by Crippen LogP contribution is -2.80. The summed E-state index contributed by atoms with van der Waals surface area (Å²) in [5.74, 6) is 1.49. The van der Waals surface area contributed by atoms with Crippen LogP contribution in [0.2, 0.25) is 5.02 Å². The number of ether oxygens (including phenoxy) is 2. The van der Waals surface area contributed by atoms with E-state index < -0.39 is 0 Å². The van der Waals surface area contributed by atoms with Gasteiger partial charge in [-0.3, -0.25) is 4.98 Å². The van der Waals surface area contributed by atoms with Crippen LogP contribution in [0, 0.1) is 0 Å². The van der Waals surface area contributed by atoms with Gasteiger partial charge in [0.05, 0.1) is 12.7 Å². The second-order valence-corrected chi connectivity index (χ2v) is 6.29. The van der Waals surface area contributed by atoms with Gasteiger partial charge in [-0.15, -0.1) is 0 Å². The maximum Gasteiger partial charge on any atom is 0.170 e. The van der Waals surface area contributed by atoms with Crippen molar-refractivity contribution in [3.63, 3.8) is 0 Å². The van der Waals surface area contributed by atoms with E-state index in [1.54, 1.807) is 7.11 Å². The molecule has 0 saturated heterocycles. The molecule has 134 valence electrons. The van der Waals surface area contributed by atoms with E-state index in [0.29, 0.717) is 11.6 Å². The van der Waals surface area contributed by atoms with Gasteiger partial charge in [-0.2, -0.15) is 0 Å². The SMILES string of the molecule is COc1cccc(C[NH2+]Cc2ccncc2)c1OCc1ccccc1Cl. The summed E-state index contributed by atoms with van der Waals surface area (Å²) in [7, 11) is 1.65. The monoisotopic (exact) mass is 369 g/mol. The smallest absolute Gasteiger partial charge is 0.170 e. The second kappa shape index (κ2) is 9.22. The van der Waals surface area contributed by atoms with Crippen LogP contribution in [0.25, 0.3) is 0 Å². The number of methoxy groups -OCH3 is 1. The van der Waals surface area contributed by atoms with Gasteiger partial charge >= 0.3 is 0 Å². The molecule has 1 aromatic heterocycles. The zero-order valence-corrected chi connectivity index (χ0v) is 15.4. The van der Waals surface area contributed by atoms with Crippen LogP contribution in [0.4, 0.5) is 0 Å². The summed E-state index contributed by atoms with van der Waals surface area (Å²) in [5, 5.41) is 2.93. The Kier molecular flexibility index (Phi) is 6.47. The van der Waals surface area contributed by atoms with E-state index in [2.05, 4.69) is 16.4 Å². The van der Waals surface area contributed by atoms with Gasteiger partial charge in [0.1, 0.15) is 19.7 Å². The van der Waals surface area contributed by atoms with Gasteiger partial charge < -0.3 is 14.8 Å². The predicted octanol–water partition coefficient (Wildman–Crippen LogP) is 3.59. The minimum Gasteiger partial charge on any atom is -0.493 e. The van der Waals surface area contributed by atoms with Crippen LogP contribution in [0.15, 0.2) is 67.0 Å². The molecule has 0 unspecified atom stereocenters. The van der Waals surface area contributed by atoms with Crippen LogP contribution >= 0.6 is 11.6 Å². The lowest BCUT2D eigenvalue weighted by atomic mass is 10.1. The van der Waals surface area contributed by atoms with Gasteiger partial charge in [-0.1, -0.05) is 35.9 Å². The summed E-state index contributed by atoms with van der Waals surface area (Å²) in [6, 6.07) is 17.7. The summed E-state index contributed by atoms with van der Waals surface area (Å²) in [6.07, 6.45) is 3.62. The number of quaternary nitrogens is 1. The molecular formula is C21H22ClN2O2+. The van der Waals surface area contributed by atoms with Crippen LogP contribution in [0.1, 0.15) is 16.7 Å². The van der Waals surface area contributed by atoms with E-state index in [4.69, 9.17) is 21.1 Å². The molecule has 0 radical (unpaired) electrons. The number of benzene rings is 2. The minimum absolute atomic E-state index is 0.400. The first-order chi connectivity index (χ1) is 12.8. The molecule has 0 atom stereocenters. The Morgan fingerprint density at radius 2 is 1.69 bits per heavy atom. The van der Waals surface area contributed by atoms with Gasteiger partial charge in [-0.05, 0) is 30.3 Å². The van der Waals surface area contributed by atoms with Gasteiger partial charge in [0.2, 0.25) is 0 Å². The normalized spacial score (nSPS) is 10.5. The summed E-state index contributed by atoms with van der Waals surface area (Å²) < 4.78 is 11.6. The zero-order chi connectivity index (χ0) is 18.2. The molecule has 3 rings (SSSR count). The van der Waals surface area contributed by atoms with E-state index in [1.165, 1.54) is 5.56 Å². The number of nitrogens with zero attached hydrogens (tertiary/aromatic N) is 1. The molecule has 0 amide bonds. The fraction of sp³-hybridized carbons (Fsp3) is 0.190. The van der Waals surface area contributed by atoms with Crippen molar-refractivity contribution < 1.29 is 14.8 Å². The van der Waals surface area contributed by atoms with Crippen LogP contribution in [0.3, 0.4) is 0 Å². The molecule has 2 N–H and O–H groups in total. The third-order valence-electron chi connectivity index (χ3n) is 4.10. The van der Waals surface area contributed by atoms with E-state index in [1.807, 2.05) is 60.9 Å². The Hall–Kier alpha value is -2.56. The topological polar surface area (TPSA) is 48.0 Å². The number of aromatic nitrogens is 1. The number of pyridine rings is 1. The van der Waals surface area contributed by atoms with Gasteiger partial charge in [-0.25, -0.2) is 0 Å². The van der Waals surface area contributed by atoms with E-state index >= 15 is 0 Å². The van der Waals surface area contributed by atoms with Crippen LogP contribution in [0.5, 0.6) is 11.5 Å². The molecule has 0 fully saturated rings. The predicted molar refractivity (Wildman–Crippen MR) is 102 cm³/mol. The largest absolute Gasteiger partial charge is 0.493 e. The van der Waals surface area contributed by atoms with Gasteiger partial charge in [0.15, 0.2) is 11.5 Å². The van der Waals surface area contributed by atoms with Crippen molar-refractivity contribution in [2.75, 3.05) is 7.11 Å². The lowest BCUT2D eigenvalue weighted by molar-refractivity contribution is -0.686. The van der Waals surface area contributed by atoms with Crippen molar-refractivity contribution in [2.45, 2.75) is 19.7 Å². The number of hydrogen-bond acceptors (Lipinski definition) is 3. The highest BCUT2D eigenvalue weighted by Crippen LogP contribution is 2.32. The number of hydrogen-bond donors (Lipinski definition) is 1. The third kappa shape index (κ3) is 4.75. The zero-order valence-electron chi connectivity index (χ0n) is 14.7. The first kappa shape index (κ1) is 18.2.